The Labute approximate surface area is 256 Å². The number of piperidine rings is 1. The summed E-state index contributed by atoms with van der Waals surface area (Å²) in [6.07, 6.45) is -13.3. The number of carbonyl (C=O) groups is 4. The van der Waals surface area contributed by atoms with E-state index in [-0.39, 0.29) is 18.1 Å². The van der Waals surface area contributed by atoms with Gasteiger partial charge in [0.15, 0.2) is 0 Å². The van der Waals surface area contributed by atoms with Crippen LogP contribution in [0.25, 0.3) is 0 Å². The van der Waals surface area contributed by atoms with E-state index in [2.05, 4.69) is 26.9 Å². The van der Waals surface area contributed by atoms with Crippen LogP contribution in [-0.2, 0) is 30.5 Å². The fourth-order valence-electron chi connectivity index (χ4n) is 3.65. The van der Waals surface area contributed by atoms with Gasteiger partial charge in [0, 0.05) is 45.0 Å². The number of carboxylic acid groups (broad SMARTS) is 3. The highest BCUT2D eigenvalue weighted by Gasteiger charge is 2.42. The number of ether oxygens (including phenoxy) is 1. The first-order valence-electron chi connectivity index (χ1n) is 12.9. The molecule has 2 aliphatic rings. The van der Waals surface area contributed by atoms with Crippen molar-refractivity contribution in [2.75, 3.05) is 53.4 Å². The minimum Gasteiger partial charge on any atom is -0.475 e. The van der Waals surface area contributed by atoms with E-state index in [9.17, 15) is 44.3 Å². The number of likely N-dealkylation sites (tertiary alicyclic amines) is 1. The van der Waals surface area contributed by atoms with Crippen molar-refractivity contribution < 1.29 is 78.7 Å². The standard InChI is InChI=1S/C19H30N4O2.3C2HF3O2/c1-16-5-4-6-17(20-16)13-22-9-7-19(8-10-22)15-23(12-11-21(2)3)18(24)14-25-19;3*3-2(4,5)1(6)7/h4-6H,7-15H2,1-3H3;3*(H,6,7). The predicted molar refractivity (Wildman–Crippen MR) is 138 cm³/mol. The fourth-order valence-corrected chi connectivity index (χ4v) is 3.65. The molecule has 0 aliphatic carbocycles. The minimum absolute atomic E-state index is 0.124. The Morgan fingerprint density at radius 3 is 1.70 bits per heavy atom. The number of rotatable bonds is 5. The normalized spacial score (nSPS) is 16.7. The number of aryl methyl sites for hydroxylation is 1. The molecule has 1 aromatic rings. The molecule has 2 saturated heterocycles. The van der Waals surface area contributed by atoms with Crippen molar-refractivity contribution >= 4 is 23.8 Å². The van der Waals surface area contributed by atoms with Crippen molar-refractivity contribution in [2.45, 2.75) is 50.4 Å². The zero-order valence-corrected chi connectivity index (χ0v) is 24.7. The molecule has 0 atom stereocenters. The maximum Gasteiger partial charge on any atom is 0.490 e. The topological polar surface area (TPSA) is 161 Å². The number of aliphatic carboxylic acids is 3. The van der Waals surface area contributed by atoms with E-state index in [0.29, 0.717) is 0 Å². The lowest BCUT2D eigenvalue weighted by atomic mass is 9.89. The van der Waals surface area contributed by atoms with Gasteiger partial charge in [0.25, 0.3) is 0 Å². The van der Waals surface area contributed by atoms with Gasteiger partial charge in [-0.25, -0.2) is 14.4 Å². The Morgan fingerprint density at radius 1 is 0.891 bits per heavy atom. The van der Waals surface area contributed by atoms with Gasteiger partial charge in [-0.2, -0.15) is 39.5 Å². The molecule has 3 heterocycles. The number of amides is 1. The second-order valence-electron chi connectivity index (χ2n) is 10.0. The van der Waals surface area contributed by atoms with Crippen LogP contribution in [0.1, 0.15) is 24.2 Å². The Balaban J connectivity index is 0.000000786. The molecule has 1 amide bonds. The number of hydrogen-bond acceptors (Lipinski definition) is 8. The summed E-state index contributed by atoms with van der Waals surface area (Å²) in [4.78, 5) is 50.0. The first-order valence-corrected chi connectivity index (χ1v) is 12.9. The number of nitrogens with zero attached hydrogens (tertiary/aromatic N) is 4. The van der Waals surface area contributed by atoms with Gasteiger partial charge in [0.05, 0.1) is 11.3 Å². The largest absolute Gasteiger partial charge is 0.490 e. The molecule has 0 radical (unpaired) electrons. The zero-order chi connectivity index (χ0) is 36.1. The van der Waals surface area contributed by atoms with Crippen LogP contribution < -0.4 is 0 Å². The maximum atomic E-state index is 12.1. The van der Waals surface area contributed by atoms with Crippen molar-refractivity contribution in [1.29, 1.82) is 0 Å². The highest BCUT2D eigenvalue weighted by molar-refractivity contribution is 5.78. The average molecular weight is 689 g/mol. The van der Waals surface area contributed by atoms with E-state index in [0.717, 1.165) is 63.5 Å². The highest BCUT2D eigenvalue weighted by atomic mass is 19.4. The predicted octanol–water partition coefficient (Wildman–Crippen LogP) is 3.04. The first kappa shape index (κ1) is 42.3. The maximum absolute atomic E-state index is 12.1. The molecule has 12 nitrogen and oxygen atoms in total. The van der Waals surface area contributed by atoms with Gasteiger partial charge in [-0.3, -0.25) is 14.7 Å². The number of pyridine rings is 1. The van der Waals surface area contributed by atoms with Gasteiger partial charge >= 0.3 is 36.4 Å². The van der Waals surface area contributed by atoms with Gasteiger partial charge in [0.2, 0.25) is 5.91 Å². The molecular formula is C25H33F9N4O8. The van der Waals surface area contributed by atoms with E-state index in [1.165, 1.54) is 0 Å². The van der Waals surface area contributed by atoms with Gasteiger partial charge in [-0.1, -0.05) is 6.07 Å². The molecule has 46 heavy (non-hydrogen) atoms. The van der Waals surface area contributed by atoms with Crippen LogP contribution in [0.15, 0.2) is 18.2 Å². The molecule has 21 heteroatoms. The smallest absolute Gasteiger partial charge is 0.475 e. The summed E-state index contributed by atoms with van der Waals surface area (Å²) < 4.78 is 101. The Bertz CT molecular complexity index is 1100. The summed E-state index contributed by atoms with van der Waals surface area (Å²) in [6.45, 7) is 7.55. The van der Waals surface area contributed by atoms with Crippen molar-refractivity contribution in [3.05, 3.63) is 29.6 Å². The Morgan fingerprint density at radius 2 is 1.33 bits per heavy atom. The molecule has 264 valence electrons. The quantitative estimate of drug-likeness (QED) is 0.390. The number of likely N-dealkylation sites (N-methyl/N-ethyl adjacent to an activating group) is 1. The van der Waals surface area contributed by atoms with E-state index < -0.39 is 36.4 Å². The molecule has 0 saturated carbocycles. The molecule has 1 aromatic heterocycles. The van der Waals surface area contributed by atoms with Gasteiger partial charge < -0.3 is 29.9 Å². The highest BCUT2D eigenvalue weighted by Crippen LogP contribution is 2.31. The van der Waals surface area contributed by atoms with E-state index >= 15 is 0 Å². The van der Waals surface area contributed by atoms with Crippen molar-refractivity contribution in [3.8, 4) is 0 Å². The SMILES string of the molecule is Cc1cccc(CN2CCC3(CC2)CN(CCN(C)C)C(=O)CO3)n1.O=C(O)C(F)(F)F.O=C(O)C(F)(F)F.O=C(O)C(F)(F)F. The van der Waals surface area contributed by atoms with E-state index in [4.69, 9.17) is 34.4 Å². The monoisotopic (exact) mass is 688 g/mol. The first-order chi connectivity index (χ1) is 20.8. The third kappa shape index (κ3) is 17.1. The lowest BCUT2D eigenvalue weighted by Crippen LogP contribution is -2.59. The van der Waals surface area contributed by atoms with Crippen LogP contribution in [0.3, 0.4) is 0 Å². The fraction of sp³-hybridized carbons (Fsp3) is 0.640. The number of hydrogen-bond donors (Lipinski definition) is 3. The van der Waals surface area contributed by atoms with E-state index in [1.807, 2.05) is 32.0 Å². The summed E-state index contributed by atoms with van der Waals surface area (Å²) in [5, 5.41) is 21.4. The van der Waals surface area contributed by atoms with Gasteiger partial charge in [0.1, 0.15) is 6.61 Å². The van der Waals surface area contributed by atoms with Crippen LogP contribution >= 0.6 is 0 Å². The second-order valence-corrected chi connectivity index (χ2v) is 10.0. The molecular weight excluding hydrogens is 655 g/mol. The zero-order valence-electron chi connectivity index (χ0n) is 24.7. The lowest BCUT2D eigenvalue weighted by molar-refractivity contribution is -0.193. The number of halogens is 9. The van der Waals surface area contributed by atoms with E-state index in [1.54, 1.807) is 0 Å². The Kier molecular flexibility index (Phi) is 16.4. The summed E-state index contributed by atoms with van der Waals surface area (Å²) in [5.74, 6) is -8.15. The number of aromatic nitrogens is 1. The second kappa shape index (κ2) is 17.8. The lowest BCUT2D eigenvalue weighted by Gasteiger charge is -2.47. The number of alkyl halides is 9. The van der Waals surface area contributed by atoms with Crippen LogP contribution in [0.4, 0.5) is 39.5 Å². The summed E-state index contributed by atoms with van der Waals surface area (Å²) in [7, 11) is 4.08. The molecule has 0 unspecified atom stereocenters. The number of carboxylic acids is 3. The molecule has 0 bridgehead atoms. The molecule has 1 spiro atoms. The minimum atomic E-state index is -5.08. The summed E-state index contributed by atoms with van der Waals surface area (Å²) >= 11 is 0. The molecule has 2 fully saturated rings. The number of carbonyl (C=O) groups excluding carboxylic acids is 1. The van der Waals surface area contributed by atoms with Crippen molar-refractivity contribution in [3.63, 3.8) is 0 Å². The third-order valence-electron chi connectivity index (χ3n) is 5.98. The molecule has 2 aliphatic heterocycles. The summed E-state index contributed by atoms with van der Waals surface area (Å²) in [5.41, 5.74) is 2.04. The van der Waals surface area contributed by atoms with Crippen LogP contribution in [0.2, 0.25) is 0 Å². The van der Waals surface area contributed by atoms with Crippen LogP contribution in [-0.4, -0.2) is 136 Å². The summed E-state index contributed by atoms with van der Waals surface area (Å²) in [6, 6.07) is 6.20. The van der Waals surface area contributed by atoms with Gasteiger partial charge in [-0.15, -0.1) is 0 Å². The van der Waals surface area contributed by atoms with Crippen LogP contribution in [0, 0.1) is 6.92 Å². The molecule has 3 rings (SSSR count). The van der Waals surface area contributed by atoms with Crippen molar-refractivity contribution in [1.82, 2.24) is 19.7 Å². The Hall–Kier alpha value is -3.72. The van der Waals surface area contributed by atoms with Crippen LogP contribution in [0.5, 0.6) is 0 Å². The number of morpholine rings is 1. The molecule has 0 aromatic carbocycles. The third-order valence-corrected chi connectivity index (χ3v) is 5.98. The molecule has 3 N–H and O–H groups in total. The average Bonchev–Trinajstić information content (AvgIpc) is 2.90. The van der Waals surface area contributed by atoms with Crippen molar-refractivity contribution in [2.24, 2.45) is 0 Å². The van der Waals surface area contributed by atoms with Gasteiger partial charge in [-0.05, 0) is 46.0 Å².